The first-order chi connectivity index (χ1) is 11.3. The van der Waals surface area contributed by atoms with Crippen LogP contribution in [0.25, 0.3) is 22.2 Å². The van der Waals surface area contributed by atoms with Crippen molar-refractivity contribution in [2.75, 3.05) is 0 Å². The fourth-order valence-corrected chi connectivity index (χ4v) is 2.40. The molecule has 0 bridgehead atoms. The number of carbonyl (C=O) groups excluding carboxylic acids is 1. The zero-order valence-corrected chi connectivity index (χ0v) is 12.5. The maximum Gasteiger partial charge on any atom is 0.407 e. The molecule has 2 N–H and O–H groups in total. The number of alkyl carbamates (subject to hydrolysis) is 1. The summed E-state index contributed by atoms with van der Waals surface area (Å²) in [7, 11) is 0. The van der Waals surface area contributed by atoms with Gasteiger partial charge in [0.1, 0.15) is 11.9 Å². The number of nitrogens with zero attached hydrogens (tertiary/aromatic N) is 2. The number of imidazole rings is 1. The molecule has 1 aliphatic carbocycles. The van der Waals surface area contributed by atoms with Crippen LogP contribution in [0.4, 0.5) is 4.79 Å². The Morgan fingerprint density at radius 3 is 2.83 bits per heavy atom. The minimum atomic E-state index is -0.384. The molecule has 0 unspecified atom stereocenters. The van der Waals surface area contributed by atoms with Crippen LogP contribution in [0.5, 0.6) is 0 Å². The van der Waals surface area contributed by atoms with Gasteiger partial charge in [0.2, 0.25) is 0 Å². The van der Waals surface area contributed by atoms with Crippen LogP contribution in [0, 0.1) is 0 Å². The van der Waals surface area contributed by atoms with Crippen molar-refractivity contribution in [3.8, 4) is 11.1 Å². The number of H-pyrrole nitrogens is 1. The third kappa shape index (κ3) is 3.15. The summed E-state index contributed by atoms with van der Waals surface area (Å²) in [4.78, 5) is 23.3. The molecule has 1 fully saturated rings. The average Bonchev–Trinajstić information content (AvgIpc) is 3.29. The average molecular weight is 308 g/mol. The Labute approximate surface area is 132 Å². The SMILES string of the molecule is O=C(NCc1nc2ccc(-c3ccncc3)cc2[nH]1)OC1CC1. The number of hydrogen-bond donors (Lipinski definition) is 2. The van der Waals surface area contributed by atoms with Crippen molar-refractivity contribution in [1.82, 2.24) is 20.3 Å². The van der Waals surface area contributed by atoms with Crippen molar-refractivity contribution in [3.05, 3.63) is 48.5 Å². The van der Waals surface area contributed by atoms with Gasteiger partial charge in [-0.15, -0.1) is 0 Å². The highest BCUT2D eigenvalue weighted by Gasteiger charge is 2.25. The van der Waals surface area contributed by atoms with Gasteiger partial charge in [-0.25, -0.2) is 9.78 Å². The predicted molar refractivity (Wildman–Crippen MR) is 85.7 cm³/mol. The molecule has 6 heteroatoms. The van der Waals surface area contributed by atoms with Gasteiger partial charge in [0, 0.05) is 12.4 Å². The summed E-state index contributed by atoms with van der Waals surface area (Å²) in [6.07, 6.45) is 5.20. The molecule has 4 rings (SSSR count). The van der Waals surface area contributed by atoms with E-state index in [2.05, 4.69) is 20.3 Å². The minimum absolute atomic E-state index is 0.105. The highest BCUT2D eigenvalue weighted by Crippen LogP contribution is 2.24. The van der Waals surface area contributed by atoms with Crippen LogP contribution in [-0.4, -0.2) is 27.1 Å². The predicted octanol–water partition coefficient (Wildman–Crippen LogP) is 3.01. The zero-order chi connectivity index (χ0) is 15.6. The van der Waals surface area contributed by atoms with Gasteiger partial charge in [0.15, 0.2) is 0 Å². The Bertz CT molecular complexity index is 840. The Morgan fingerprint density at radius 1 is 1.22 bits per heavy atom. The van der Waals surface area contributed by atoms with Crippen LogP contribution in [0.2, 0.25) is 0 Å². The Hall–Kier alpha value is -2.89. The van der Waals surface area contributed by atoms with Crippen LogP contribution in [0.15, 0.2) is 42.7 Å². The number of pyridine rings is 1. The van der Waals surface area contributed by atoms with Gasteiger partial charge in [-0.3, -0.25) is 4.98 Å². The highest BCUT2D eigenvalue weighted by atomic mass is 16.6. The summed E-state index contributed by atoms with van der Waals surface area (Å²) in [6.45, 7) is 0.324. The molecule has 2 aromatic heterocycles. The molecule has 6 nitrogen and oxygen atoms in total. The maximum atomic E-state index is 11.5. The first-order valence-corrected chi connectivity index (χ1v) is 7.61. The van der Waals surface area contributed by atoms with Crippen LogP contribution in [0.1, 0.15) is 18.7 Å². The number of carbonyl (C=O) groups is 1. The largest absolute Gasteiger partial charge is 0.446 e. The number of benzene rings is 1. The Morgan fingerprint density at radius 2 is 2.04 bits per heavy atom. The van der Waals surface area contributed by atoms with Crippen molar-refractivity contribution < 1.29 is 9.53 Å². The van der Waals surface area contributed by atoms with Crippen molar-refractivity contribution >= 4 is 17.1 Å². The van der Waals surface area contributed by atoms with Gasteiger partial charge >= 0.3 is 6.09 Å². The Kier molecular flexibility index (Phi) is 3.42. The number of fused-ring (bicyclic) bond motifs is 1. The fourth-order valence-electron chi connectivity index (χ4n) is 2.40. The summed E-state index contributed by atoms with van der Waals surface area (Å²) in [5.41, 5.74) is 4.00. The lowest BCUT2D eigenvalue weighted by Crippen LogP contribution is -2.24. The van der Waals surface area contributed by atoms with E-state index in [0.717, 1.165) is 35.0 Å². The number of amides is 1. The molecule has 3 aromatic rings. The number of nitrogens with one attached hydrogen (secondary N) is 2. The van der Waals surface area contributed by atoms with E-state index in [-0.39, 0.29) is 12.2 Å². The molecule has 1 amide bonds. The van der Waals surface area contributed by atoms with Gasteiger partial charge in [0.25, 0.3) is 0 Å². The van der Waals surface area contributed by atoms with Gasteiger partial charge in [-0.2, -0.15) is 0 Å². The molecule has 1 aromatic carbocycles. The van der Waals surface area contributed by atoms with Gasteiger partial charge in [-0.05, 0) is 48.2 Å². The van der Waals surface area contributed by atoms with Crippen molar-refractivity contribution in [1.29, 1.82) is 0 Å². The zero-order valence-electron chi connectivity index (χ0n) is 12.5. The second-order valence-electron chi connectivity index (χ2n) is 5.61. The van der Waals surface area contributed by atoms with Crippen LogP contribution < -0.4 is 5.32 Å². The molecule has 0 radical (unpaired) electrons. The number of aromatic amines is 1. The Balaban J connectivity index is 1.50. The molecule has 0 saturated heterocycles. The first kappa shape index (κ1) is 13.8. The molecule has 1 saturated carbocycles. The molecule has 116 valence electrons. The third-order valence-electron chi connectivity index (χ3n) is 3.74. The van der Waals surface area contributed by atoms with E-state index in [1.807, 2.05) is 30.3 Å². The van der Waals surface area contributed by atoms with Crippen LogP contribution in [-0.2, 0) is 11.3 Å². The normalized spacial score (nSPS) is 13.9. The molecular formula is C17H16N4O2. The maximum absolute atomic E-state index is 11.5. The number of aromatic nitrogens is 3. The second-order valence-corrected chi connectivity index (χ2v) is 5.61. The number of hydrogen-bond acceptors (Lipinski definition) is 4. The molecule has 0 atom stereocenters. The molecular weight excluding hydrogens is 292 g/mol. The van der Waals surface area contributed by atoms with Crippen LogP contribution in [0.3, 0.4) is 0 Å². The van der Waals surface area contributed by atoms with Gasteiger partial charge in [-0.1, -0.05) is 6.07 Å². The molecule has 23 heavy (non-hydrogen) atoms. The van der Waals surface area contributed by atoms with E-state index in [4.69, 9.17) is 4.74 Å². The summed E-state index contributed by atoms with van der Waals surface area (Å²) >= 11 is 0. The summed E-state index contributed by atoms with van der Waals surface area (Å²) in [6, 6.07) is 9.97. The lowest BCUT2D eigenvalue weighted by atomic mass is 10.1. The summed E-state index contributed by atoms with van der Waals surface area (Å²) in [5, 5.41) is 2.71. The smallest absolute Gasteiger partial charge is 0.407 e. The van der Waals surface area contributed by atoms with Gasteiger partial charge < -0.3 is 15.0 Å². The lowest BCUT2D eigenvalue weighted by Gasteiger charge is -2.03. The molecule has 0 spiro atoms. The molecule has 1 aliphatic rings. The van der Waals surface area contributed by atoms with Crippen molar-refractivity contribution in [3.63, 3.8) is 0 Å². The van der Waals surface area contributed by atoms with E-state index < -0.39 is 0 Å². The third-order valence-corrected chi connectivity index (χ3v) is 3.74. The van der Waals surface area contributed by atoms with Crippen molar-refractivity contribution in [2.24, 2.45) is 0 Å². The monoisotopic (exact) mass is 308 g/mol. The minimum Gasteiger partial charge on any atom is -0.446 e. The van der Waals surface area contributed by atoms with E-state index >= 15 is 0 Å². The molecule has 0 aliphatic heterocycles. The summed E-state index contributed by atoms with van der Waals surface area (Å²) < 4.78 is 5.14. The highest BCUT2D eigenvalue weighted by molar-refractivity contribution is 5.82. The number of rotatable bonds is 4. The lowest BCUT2D eigenvalue weighted by molar-refractivity contribution is 0.138. The topological polar surface area (TPSA) is 79.9 Å². The fraction of sp³-hybridized carbons (Fsp3) is 0.235. The van der Waals surface area contributed by atoms with E-state index in [0.29, 0.717) is 12.4 Å². The van der Waals surface area contributed by atoms with Crippen molar-refractivity contribution in [2.45, 2.75) is 25.5 Å². The van der Waals surface area contributed by atoms with E-state index in [9.17, 15) is 4.79 Å². The summed E-state index contributed by atoms with van der Waals surface area (Å²) in [5.74, 6) is 0.708. The number of ether oxygens (including phenoxy) is 1. The first-order valence-electron chi connectivity index (χ1n) is 7.61. The second kappa shape index (κ2) is 5.72. The van der Waals surface area contributed by atoms with E-state index in [1.165, 1.54) is 0 Å². The van der Waals surface area contributed by atoms with E-state index in [1.54, 1.807) is 12.4 Å². The standard InChI is InChI=1S/C17H16N4O2/c22-17(23-13-2-3-13)19-10-16-20-14-4-1-12(9-15(14)21-16)11-5-7-18-8-6-11/h1,4-9,13H,2-3,10H2,(H,19,22)(H,20,21). The molecule has 2 heterocycles. The van der Waals surface area contributed by atoms with Crippen LogP contribution >= 0.6 is 0 Å². The van der Waals surface area contributed by atoms with Gasteiger partial charge in [0.05, 0.1) is 17.6 Å². The quantitative estimate of drug-likeness (QED) is 0.776.